The monoisotopic (exact) mass is 275 g/mol. The Kier molecular flexibility index (Phi) is 5.56. The van der Waals surface area contributed by atoms with Crippen molar-refractivity contribution in [3.05, 3.63) is 35.9 Å². The second kappa shape index (κ2) is 7.41. The van der Waals surface area contributed by atoms with Crippen molar-refractivity contribution in [1.82, 2.24) is 15.1 Å². The van der Waals surface area contributed by atoms with Crippen LogP contribution in [0.15, 0.2) is 30.3 Å². The molecule has 1 aromatic carbocycles. The van der Waals surface area contributed by atoms with E-state index in [1.807, 2.05) is 0 Å². The van der Waals surface area contributed by atoms with Crippen molar-refractivity contribution in [3.8, 4) is 0 Å². The van der Waals surface area contributed by atoms with Crippen LogP contribution in [0.25, 0.3) is 0 Å². The molecule has 1 aliphatic heterocycles. The van der Waals surface area contributed by atoms with Gasteiger partial charge in [-0.1, -0.05) is 30.3 Å². The maximum atomic E-state index is 11.5. The molecule has 0 radical (unpaired) electrons. The predicted molar refractivity (Wildman–Crippen MR) is 81.7 cm³/mol. The van der Waals surface area contributed by atoms with Crippen molar-refractivity contribution < 1.29 is 4.79 Å². The lowest BCUT2D eigenvalue weighted by atomic mass is 10.1. The van der Waals surface area contributed by atoms with Crippen LogP contribution in [-0.4, -0.2) is 62.0 Å². The molecular formula is C16H25N3O. The Labute approximate surface area is 121 Å². The van der Waals surface area contributed by atoms with Gasteiger partial charge in [-0.2, -0.15) is 0 Å². The first-order valence-corrected chi connectivity index (χ1v) is 7.35. The topological polar surface area (TPSA) is 35.6 Å². The van der Waals surface area contributed by atoms with Crippen LogP contribution in [0.1, 0.15) is 12.0 Å². The molecule has 1 aromatic rings. The van der Waals surface area contributed by atoms with Gasteiger partial charge in [0, 0.05) is 33.2 Å². The van der Waals surface area contributed by atoms with Gasteiger partial charge in [0.1, 0.15) is 0 Å². The minimum Gasteiger partial charge on any atom is -0.348 e. The van der Waals surface area contributed by atoms with Crippen LogP contribution in [0.4, 0.5) is 0 Å². The molecule has 20 heavy (non-hydrogen) atoms. The number of nitrogens with zero attached hydrogens (tertiary/aromatic N) is 2. The molecule has 0 spiro atoms. The van der Waals surface area contributed by atoms with Crippen LogP contribution < -0.4 is 5.32 Å². The van der Waals surface area contributed by atoms with Crippen LogP contribution >= 0.6 is 0 Å². The molecule has 0 aromatic heterocycles. The van der Waals surface area contributed by atoms with Gasteiger partial charge in [-0.3, -0.25) is 4.79 Å². The lowest BCUT2D eigenvalue weighted by Gasteiger charge is -2.17. The zero-order valence-corrected chi connectivity index (χ0v) is 12.5. The molecule has 2 rings (SSSR count). The first-order chi connectivity index (χ1) is 9.65. The van der Waals surface area contributed by atoms with Gasteiger partial charge < -0.3 is 15.1 Å². The van der Waals surface area contributed by atoms with E-state index in [9.17, 15) is 4.79 Å². The highest BCUT2D eigenvalue weighted by Crippen LogP contribution is 2.10. The summed E-state index contributed by atoms with van der Waals surface area (Å²) < 4.78 is 0. The Morgan fingerprint density at radius 2 is 2.10 bits per heavy atom. The lowest BCUT2D eigenvalue weighted by molar-refractivity contribution is -0.127. The molecule has 0 aliphatic carbocycles. The highest BCUT2D eigenvalue weighted by molar-refractivity contribution is 5.77. The fraction of sp³-hybridized carbons (Fsp3) is 0.562. The molecular weight excluding hydrogens is 250 g/mol. The van der Waals surface area contributed by atoms with Crippen molar-refractivity contribution in [2.45, 2.75) is 18.9 Å². The van der Waals surface area contributed by atoms with Crippen LogP contribution in [-0.2, 0) is 11.2 Å². The molecule has 1 amide bonds. The van der Waals surface area contributed by atoms with Crippen LogP contribution in [0.5, 0.6) is 0 Å². The molecule has 1 atom stereocenters. The van der Waals surface area contributed by atoms with Gasteiger partial charge in [-0.15, -0.1) is 0 Å². The SMILES string of the molecule is CN(C)C(=O)CNC1CCN(CCc2ccccc2)C1. The van der Waals surface area contributed by atoms with Gasteiger partial charge >= 0.3 is 0 Å². The minimum atomic E-state index is 0.146. The molecule has 4 heteroatoms. The summed E-state index contributed by atoms with van der Waals surface area (Å²) in [6.07, 6.45) is 2.24. The number of carbonyl (C=O) groups is 1. The minimum absolute atomic E-state index is 0.146. The first kappa shape index (κ1) is 15.0. The number of likely N-dealkylation sites (tertiary alicyclic amines) is 1. The Balaban J connectivity index is 1.66. The van der Waals surface area contributed by atoms with Crippen LogP contribution in [0, 0.1) is 0 Å². The Morgan fingerprint density at radius 1 is 1.35 bits per heavy atom. The van der Waals surface area contributed by atoms with Crippen LogP contribution in [0.3, 0.4) is 0 Å². The quantitative estimate of drug-likeness (QED) is 0.841. The largest absolute Gasteiger partial charge is 0.348 e. The highest BCUT2D eigenvalue weighted by atomic mass is 16.2. The lowest BCUT2D eigenvalue weighted by Crippen LogP contribution is -2.40. The number of benzene rings is 1. The maximum absolute atomic E-state index is 11.5. The standard InChI is InChI=1S/C16H25N3O/c1-18(2)16(20)12-17-15-9-11-19(13-15)10-8-14-6-4-3-5-7-14/h3-7,15,17H,8-13H2,1-2H3. The van der Waals surface area contributed by atoms with E-state index in [-0.39, 0.29) is 5.91 Å². The summed E-state index contributed by atoms with van der Waals surface area (Å²) in [6.45, 7) is 3.72. The van der Waals surface area contributed by atoms with Crippen molar-refractivity contribution >= 4 is 5.91 Å². The van der Waals surface area contributed by atoms with E-state index >= 15 is 0 Å². The number of rotatable bonds is 6. The number of carbonyl (C=O) groups excluding carboxylic acids is 1. The zero-order chi connectivity index (χ0) is 14.4. The van der Waals surface area contributed by atoms with Gasteiger partial charge in [-0.25, -0.2) is 0 Å². The first-order valence-electron chi connectivity index (χ1n) is 7.35. The number of hydrogen-bond donors (Lipinski definition) is 1. The Morgan fingerprint density at radius 3 is 2.80 bits per heavy atom. The molecule has 1 unspecified atom stereocenters. The molecule has 1 saturated heterocycles. The summed E-state index contributed by atoms with van der Waals surface area (Å²) >= 11 is 0. The van der Waals surface area contributed by atoms with Crippen molar-refractivity contribution in [2.24, 2.45) is 0 Å². The molecule has 1 aliphatic rings. The number of amides is 1. The summed E-state index contributed by atoms with van der Waals surface area (Å²) in [5.74, 6) is 0.146. The third kappa shape index (κ3) is 4.62. The molecule has 4 nitrogen and oxygen atoms in total. The second-order valence-electron chi connectivity index (χ2n) is 5.69. The third-order valence-electron chi connectivity index (χ3n) is 3.87. The number of likely N-dealkylation sites (N-methyl/N-ethyl adjacent to an activating group) is 1. The predicted octanol–water partition coefficient (Wildman–Crippen LogP) is 0.981. The van der Waals surface area contributed by atoms with E-state index < -0.39 is 0 Å². The average Bonchev–Trinajstić information content (AvgIpc) is 2.91. The summed E-state index contributed by atoms with van der Waals surface area (Å²) in [5, 5.41) is 3.36. The van der Waals surface area contributed by atoms with E-state index in [0.717, 1.165) is 32.5 Å². The number of nitrogens with one attached hydrogen (secondary N) is 1. The molecule has 0 saturated carbocycles. The normalized spacial score (nSPS) is 19.2. The van der Waals surface area contributed by atoms with Crippen molar-refractivity contribution in [1.29, 1.82) is 0 Å². The van der Waals surface area contributed by atoms with Crippen molar-refractivity contribution in [2.75, 3.05) is 40.3 Å². The van der Waals surface area contributed by atoms with E-state index in [2.05, 4.69) is 40.5 Å². The fourth-order valence-corrected chi connectivity index (χ4v) is 2.52. The van der Waals surface area contributed by atoms with Gasteiger partial charge in [0.05, 0.1) is 6.54 Å². The van der Waals surface area contributed by atoms with E-state index in [1.165, 1.54) is 5.56 Å². The maximum Gasteiger partial charge on any atom is 0.236 e. The Hall–Kier alpha value is -1.39. The van der Waals surface area contributed by atoms with E-state index in [1.54, 1.807) is 19.0 Å². The molecule has 110 valence electrons. The average molecular weight is 275 g/mol. The van der Waals surface area contributed by atoms with Gasteiger partial charge in [0.15, 0.2) is 0 Å². The fourth-order valence-electron chi connectivity index (χ4n) is 2.52. The molecule has 1 N–H and O–H groups in total. The smallest absolute Gasteiger partial charge is 0.236 e. The summed E-state index contributed by atoms with van der Waals surface area (Å²) in [7, 11) is 3.59. The van der Waals surface area contributed by atoms with Gasteiger partial charge in [-0.05, 0) is 24.9 Å². The van der Waals surface area contributed by atoms with Crippen molar-refractivity contribution in [3.63, 3.8) is 0 Å². The molecule has 0 bridgehead atoms. The van der Waals surface area contributed by atoms with E-state index in [4.69, 9.17) is 0 Å². The third-order valence-corrected chi connectivity index (χ3v) is 3.87. The summed E-state index contributed by atoms with van der Waals surface area (Å²) in [5.41, 5.74) is 1.40. The summed E-state index contributed by atoms with van der Waals surface area (Å²) in [6, 6.07) is 11.1. The molecule has 1 fully saturated rings. The molecule has 1 heterocycles. The zero-order valence-electron chi connectivity index (χ0n) is 12.5. The Bertz CT molecular complexity index is 419. The highest BCUT2D eigenvalue weighted by Gasteiger charge is 2.22. The summed E-state index contributed by atoms with van der Waals surface area (Å²) in [4.78, 5) is 15.7. The number of hydrogen-bond acceptors (Lipinski definition) is 3. The second-order valence-corrected chi connectivity index (χ2v) is 5.69. The van der Waals surface area contributed by atoms with Gasteiger partial charge in [0.2, 0.25) is 5.91 Å². The van der Waals surface area contributed by atoms with Gasteiger partial charge in [0.25, 0.3) is 0 Å². The van der Waals surface area contributed by atoms with Crippen LogP contribution in [0.2, 0.25) is 0 Å². The van der Waals surface area contributed by atoms with E-state index in [0.29, 0.717) is 12.6 Å².